The van der Waals surface area contributed by atoms with Crippen LogP contribution in [0, 0.1) is 0 Å². The molecule has 0 atom stereocenters. The second-order valence-electron chi connectivity index (χ2n) is 7.80. The van der Waals surface area contributed by atoms with Crippen LogP contribution in [-0.2, 0) is 16.2 Å². The van der Waals surface area contributed by atoms with Crippen LogP contribution in [0.1, 0.15) is 16.1 Å². The quantitative estimate of drug-likeness (QED) is 0.438. The fourth-order valence-corrected chi connectivity index (χ4v) is 4.33. The van der Waals surface area contributed by atoms with Gasteiger partial charge in [-0.2, -0.15) is 13.2 Å². The van der Waals surface area contributed by atoms with Gasteiger partial charge in [0.1, 0.15) is 5.69 Å². The Balaban J connectivity index is 1.96. The van der Waals surface area contributed by atoms with Crippen molar-refractivity contribution in [3.63, 3.8) is 0 Å². The number of amides is 1. The number of halogens is 3. The summed E-state index contributed by atoms with van der Waals surface area (Å²) in [5.74, 6) is -0.740. The average molecular weight is 488 g/mol. The Morgan fingerprint density at radius 2 is 1.68 bits per heavy atom. The summed E-state index contributed by atoms with van der Waals surface area (Å²) in [5, 5.41) is 0.612. The number of aromatic nitrogens is 1. The zero-order valence-corrected chi connectivity index (χ0v) is 19.0. The number of anilines is 1. The Morgan fingerprint density at radius 3 is 2.32 bits per heavy atom. The van der Waals surface area contributed by atoms with Crippen LogP contribution in [0.5, 0.6) is 0 Å². The van der Waals surface area contributed by atoms with Crippen LogP contribution < -0.4 is 10.0 Å². The number of hydrogen-bond donors (Lipinski definition) is 1. The first-order valence-electron chi connectivity index (χ1n) is 10.0. The van der Waals surface area contributed by atoms with Crippen molar-refractivity contribution in [2.75, 3.05) is 17.6 Å². The highest BCUT2D eigenvalue weighted by Gasteiger charge is 2.33. The minimum atomic E-state index is -4.55. The van der Waals surface area contributed by atoms with Crippen molar-refractivity contribution >= 4 is 32.5 Å². The van der Waals surface area contributed by atoms with Gasteiger partial charge in [0.25, 0.3) is 5.91 Å². The maximum absolute atomic E-state index is 13.6. The number of carbonyl (C=O) groups is 1. The molecule has 176 valence electrons. The number of hydrogen-bond acceptors (Lipinski definition) is 3. The molecule has 6 nitrogen and oxygen atoms in total. The Hall–Kier alpha value is -3.79. The van der Waals surface area contributed by atoms with Gasteiger partial charge in [-0.05, 0) is 47.5 Å². The smallest absolute Gasteiger partial charge is 0.364 e. The van der Waals surface area contributed by atoms with Crippen molar-refractivity contribution in [2.45, 2.75) is 6.18 Å². The van der Waals surface area contributed by atoms with Crippen LogP contribution in [0.3, 0.4) is 0 Å². The third-order valence-electron chi connectivity index (χ3n) is 5.55. The van der Waals surface area contributed by atoms with E-state index in [1.165, 1.54) is 35.9 Å². The molecule has 1 aromatic heterocycles. The predicted octanol–water partition coefficient (Wildman–Crippen LogP) is 4.81. The second-order valence-corrected chi connectivity index (χ2v) is 9.81. The summed E-state index contributed by atoms with van der Waals surface area (Å²) in [6, 6.07) is 17.9. The molecule has 0 bridgehead atoms. The first kappa shape index (κ1) is 23.4. The van der Waals surface area contributed by atoms with E-state index in [4.69, 9.17) is 5.73 Å². The standard InChI is InChI=1S/C24H20F3N3O3S/c1-29(34(2,32)33)17-11-10-16-13-22(23(28)31)30(21(16)14-17)18-7-5-6-15(12-18)19-8-3-4-9-20(19)24(25,26)27/h3-14H,1-2H3,(H2,28,31). The molecule has 1 heterocycles. The van der Waals surface area contributed by atoms with Crippen LogP contribution in [0.15, 0.2) is 72.8 Å². The molecule has 0 saturated carbocycles. The van der Waals surface area contributed by atoms with Crippen molar-refractivity contribution in [1.29, 1.82) is 0 Å². The highest BCUT2D eigenvalue weighted by atomic mass is 32.2. The number of sulfonamides is 1. The fraction of sp³-hybridized carbons (Fsp3) is 0.125. The number of rotatable bonds is 5. The van der Waals surface area contributed by atoms with Crippen LogP contribution in [0.4, 0.5) is 18.9 Å². The zero-order chi connectivity index (χ0) is 24.8. The molecule has 0 unspecified atom stereocenters. The van der Waals surface area contributed by atoms with E-state index in [0.29, 0.717) is 27.8 Å². The molecule has 10 heteroatoms. The summed E-state index contributed by atoms with van der Waals surface area (Å²) in [6.45, 7) is 0. The number of nitrogens with zero attached hydrogens (tertiary/aromatic N) is 2. The van der Waals surface area contributed by atoms with Gasteiger partial charge in [-0.15, -0.1) is 0 Å². The van der Waals surface area contributed by atoms with E-state index in [9.17, 15) is 26.4 Å². The SMILES string of the molecule is CN(c1ccc2cc(C(N)=O)n(-c3cccc(-c4ccccc4C(F)(F)F)c3)c2c1)S(C)(=O)=O. The minimum Gasteiger partial charge on any atom is -0.364 e. The lowest BCUT2D eigenvalue weighted by atomic mass is 9.99. The van der Waals surface area contributed by atoms with E-state index in [1.54, 1.807) is 42.5 Å². The Morgan fingerprint density at radius 1 is 0.971 bits per heavy atom. The number of benzene rings is 3. The van der Waals surface area contributed by atoms with E-state index in [1.807, 2.05) is 0 Å². The Bertz CT molecular complexity index is 1530. The molecular formula is C24H20F3N3O3S. The van der Waals surface area contributed by atoms with Gasteiger partial charge in [0.05, 0.1) is 23.0 Å². The van der Waals surface area contributed by atoms with Crippen molar-refractivity contribution in [2.24, 2.45) is 5.73 Å². The van der Waals surface area contributed by atoms with Crippen LogP contribution in [0.25, 0.3) is 27.7 Å². The molecule has 0 radical (unpaired) electrons. The third-order valence-corrected chi connectivity index (χ3v) is 6.76. The molecular weight excluding hydrogens is 467 g/mol. The number of alkyl halides is 3. The van der Waals surface area contributed by atoms with Gasteiger partial charge in [0.15, 0.2) is 0 Å². The average Bonchev–Trinajstić information content (AvgIpc) is 3.16. The lowest BCUT2D eigenvalue weighted by Crippen LogP contribution is -2.24. The summed E-state index contributed by atoms with van der Waals surface area (Å²) in [4.78, 5) is 12.2. The highest BCUT2D eigenvalue weighted by Crippen LogP contribution is 2.38. The molecule has 0 aliphatic rings. The molecule has 0 spiro atoms. The lowest BCUT2D eigenvalue weighted by Gasteiger charge is -2.18. The summed E-state index contributed by atoms with van der Waals surface area (Å²) < 4.78 is 67.4. The summed E-state index contributed by atoms with van der Waals surface area (Å²) in [7, 11) is -2.15. The molecule has 4 aromatic rings. The van der Waals surface area contributed by atoms with Crippen LogP contribution >= 0.6 is 0 Å². The highest BCUT2D eigenvalue weighted by molar-refractivity contribution is 7.92. The molecule has 34 heavy (non-hydrogen) atoms. The molecule has 3 aromatic carbocycles. The van der Waals surface area contributed by atoms with Crippen molar-refractivity contribution in [1.82, 2.24) is 4.57 Å². The number of fused-ring (bicyclic) bond motifs is 1. The molecule has 2 N–H and O–H groups in total. The summed E-state index contributed by atoms with van der Waals surface area (Å²) in [5.41, 5.74) is 6.44. The minimum absolute atomic E-state index is 0.00793. The maximum Gasteiger partial charge on any atom is 0.417 e. The molecule has 0 aliphatic heterocycles. The van der Waals surface area contributed by atoms with Crippen molar-refractivity contribution in [3.8, 4) is 16.8 Å². The van der Waals surface area contributed by atoms with E-state index >= 15 is 0 Å². The molecule has 4 rings (SSSR count). The monoisotopic (exact) mass is 487 g/mol. The van der Waals surface area contributed by atoms with Crippen molar-refractivity contribution < 1.29 is 26.4 Å². The predicted molar refractivity (Wildman–Crippen MR) is 125 cm³/mol. The Kier molecular flexibility index (Phi) is 5.64. The van der Waals surface area contributed by atoms with Gasteiger partial charge >= 0.3 is 6.18 Å². The maximum atomic E-state index is 13.6. The molecule has 1 amide bonds. The third kappa shape index (κ3) is 4.24. The number of primary amides is 1. The van der Waals surface area contributed by atoms with Gasteiger partial charge in [0.2, 0.25) is 10.0 Å². The largest absolute Gasteiger partial charge is 0.417 e. The summed E-state index contributed by atoms with van der Waals surface area (Å²) in [6.07, 6.45) is -3.48. The van der Waals surface area contributed by atoms with Gasteiger partial charge in [-0.25, -0.2) is 8.42 Å². The van der Waals surface area contributed by atoms with Crippen LogP contribution in [-0.4, -0.2) is 32.2 Å². The Labute approximate surface area is 194 Å². The van der Waals surface area contributed by atoms with Gasteiger partial charge in [-0.3, -0.25) is 9.10 Å². The van der Waals surface area contributed by atoms with E-state index in [2.05, 4.69) is 0 Å². The first-order valence-corrected chi connectivity index (χ1v) is 11.9. The first-order chi connectivity index (χ1) is 15.9. The second kappa shape index (κ2) is 8.21. The lowest BCUT2D eigenvalue weighted by molar-refractivity contribution is -0.137. The van der Waals surface area contributed by atoms with Gasteiger partial charge < -0.3 is 10.3 Å². The molecule has 0 fully saturated rings. The number of nitrogens with two attached hydrogens (primary N) is 1. The van der Waals surface area contributed by atoms with Gasteiger partial charge in [-0.1, -0.05) is 36.4 Å². The zero-order valence-electron chi connectivity index (χ0n) is 18.2. The molecule has 0 saturated heterocycles. The molecule has 0 aliphatic carbocycles. The van der Waals surface area contributed by atoms with Gasteiger partial charge in [0, 0.05) is 18.1 Å². The fourth-order valence-electron chi connectivity index (χ4n) is 3.83. The normalized spacial score (nSPS) is 12.1. The van der Waals surface area contributed by atoms with Crippen LogP contribution in [0.2, 0.25) is 0 Å². The van der Waals surface area contributed by atoms with Crippen molar-refractivity contribution in [3.05, 3.63) is 84.1 Å². The van der Waals surface area contributed by atoms with E-state index < -0.39 is 27.7 Å². The van der Waals surface area contributed by atoms with E-state index in [0.717, 1.165) is 16.6 Å². The number of carbonyl (C=O) groups excluding carboxylic acids is 1. The topological polar surface area (TPSA) is 85.4 Å². The van der Waals surface area contributed by atoms with E-state index in [-0.39, 0.29) is 11.3 Å². The summed E-state index contributed by atoms with van der Waals surface area (Å²) >= 11 is 0.